The molecule has 0 aliphatic carbocycles. The van der Waals surface area contributed by atoms with Crippen LogP contribution in [0, 0.1) is 10.1 Å². The lowest BCUT2D eigenvalue weighted by atomic mass is 10.3. The van der Waals surface area contributed by atoms with Crippen molar-refractivity contribution in [3.63, 3.8) is 0 Å². The van der Waals surface area contributed by atoms with Gasteiger partial charge in [0.15, 0.2) is 0 Å². The van der Waals surface area contributed by atoms with Crippen molar-refractivity contribution < 1.29 is 4.92 Å². The minimum absolute atomic E-state index is 0.0503. The highest BCUT2D eigenvalue weighted by Gasteiger charge is 2.17. The molecule has 0 unspecified atom stereocenters. The number of hydrogen-bond donors (Lipinski definition) is 1. The zero-order valence-electron chi connectivity index (χ0n) is 10.7. The number of nitrogens with two attached hydrogens (primary N) is 1. The lowest BCUT2D eigenvalue weighted by Crippen LogP contribution is -2.00. The van der Waals surface area contributed by atoms with Crippen LogP contribution in [0.2, 0.25) is 0 Å². The summed E-state index contributed by atoms with van der Waals surface area (Å²) in [6.45, 7) is 0. The van der Waals surface area contributed by atoms with Crippen molar-refractivity contribution in [2.75, 3.05) is 5.73 Å². The lowest BCUT2D eigenvalue weighted by Gasteiger charge is -2.01. The van der Waals surface area contributed by atoms with E-state index in [9.17, 15) is 10.1 Å². The van der Waals surface area contributed by atoms with E-state index < -0.39 is 4.92 Å². The maximum atomic E-state index is 11.1. The summed E-state index contributed by atoms with van der Waals surface area (Å²) >= 11 is 0. The lowest BCUT2D eigenvalue weighted by molar-refractivity contribution is -0.384. The van der Waals surface area contributed by atoms with Crippen molar-refractivity contribution in [3.8, 4) is 17.1 Å². The third kappa shape index (κ3) is 2.29. The minimum atomic E-state index is -0.463. The molecular weight excluding hydrogens is 272 g/mol. The van der Waals surface area contributed by atoms with Gasteiger partial charge in [-0.3, -0.25) is 20.1 Å². The molecule has 8 heteroatoms. The Hall–Kier alpha value is -3.29. The molecule has 0 saturated carbocycles. The maximum Gasteiger partial charge on any atom is 0.294 e. The van der Waals surface area contributed by atoms with Gasteiger partial charge in [-0.05, 0) is 6.07 Å². The molecule has 0 fully saturated rings. The van der Waals surface area contributed by atoms with Crippen molar-refractivity contribution >= 4 is 11.4 Å². The number of para-hydroxylation sites is 2. The predicted octanol–water partition coefficient (Wildman–Crippen LogP) is 1.82. The zero-order valence-corrected chi connectivity index (χ0v) is 10.7. The summed E-state index contributed by atoms with van der Waals surface area (Å²) in [5.41, 5.74) is 7.51. The largest absolute Gasteiger partial charge is 0.396 e. The van der Waals surface area contributed by atoms with Crippen LogP contribution >= 0.6 is 0 Å². The van der Waals surface area contributed by atoms with Gasteiger partial charge in [0.25, 0.3) is 5.69 Å². The van der Waals surface area contributed by atoms with Crippen LogP contribution in [0.25, 0.3) is 17.1 Å². The Balaban J connectivity index is 2.12. The van der Waals surface area contributed by atoms with Gasteiger partial charge in [0.1, 0.15) is 17.1 Å². The molecule has 0 saturated heterocycles. The van der Waals surface area contributed by atoms with Crippen molar-refractivity contribution in [2.24, 2.45) is 0 Å². The van der Waals surface area contributed by atoms with E-state index in [2.05, 4.69) is 15.1 Å². The summed E-state index contributed by atoms with van der Waals surface area (Å²) in [5.74, 6) is 0. The van der Waals surface area contributed by atoms with E-state index >= 15 is 0 Å². The van der Waals surface area contributed by atoms with Gasteiger partial charge in [-0.15, -0.1) is 0 Å². The molecule has 0 radical (unpaired) electrons. The van der Waals surface area contributed by atoms with Gasteiger partial charge in [0, 0.05) is 18.5 Å². The van der Waals surface area contributed by atoms with Crippen LogP contribution in [0.1, 0.15) is 0 Å². The quantitative estimate of drug-likeness (QED) is 0.579. The van der Waals surface area contributed by atoms with Gasteiger partial charge < -0.3 is 5.73 Å². The van der Waals surface area contributed by atoms with Crippen LogP contribution in [0.4, 0.5) is 11.4 Å². The van der Waals surface area contributed by atoms with E-state index in [0.29, 0.717) is 22.8 Å². The predicted molar refractivity (Wildman–Crippen MR) is 75.7 cm³/mol. The molecule has 8 nitrogen and oxygen atoms in total. The maximum absolute atomic E-state index is 11.1. The summed E-state index contributed by atoms with van der Waals surface area (Å²) in [4.78, 5) is 18.7. The van der Waals surface area contributed by atoms with Crippen molar-refractivity contribution in [1.82, 2.24) is 19.7 Å². The van der Waals surface area contributed by atoms with Crippen molar-refractivity contribution in [1.29, 1.82) is 0 Å². The molecule has 0 spiro atoms. The van der Waals surface area contributed by atoms with Crippen LogP contribution in [0.5, 0.6) is 0 Å². The molecule has 104 valence electrons. The van der Waals surface area contributed by atoms with Gasteiger partial charge in [-0.25, -0.2) is 4.68 Å². The number of rotatable bonds is 3. The first-order valence-corrected chi connectivity index (χ1v) is 6.02. The number of nitrogens with zero attached hydrogens (tertiary/aromatic N) is 5. The Bertz CT molecular complexity index is 799. The number of nitro benzene ring substituents is 1. The average molecular weight is 282 g/mol. The molecule has 21 heavy (non-hydrogen) atoms. The highest BCUT2D eigenvalue weighted by molar-refractivity contribution is 5.69. The summed E-state index contributed by atoms with van der Waals surface area (Å²) < 4.78 is 1.37. The van der Waals surface area contributed by atoms with E-state index in [0.717, 1.165) is 0 Å². The van der Waals surface area contributed by atoms with E-state index in [1.54, 1.807) is 24.4 Å². The molecule has 0 aliphatic heterocycles. The fraction of sp³-hybridized carbons (Fsp3) is 0. The van der Waals surface area contributed by atoms with Gasteiger partial charge in [-0.1, -0.05) is 12.1 Å². The second kappa shape index (κ2) is 5.00. The van der Waals surface area contributed by atoms with Gasteiger partial charge in [-0.2, -0.15) is 5.10 Å². The van der Waals surface area contributed by atoms with Crippen LogP contribution in [0.3, 0.4) is 0 Å². The van der Waals surface area contributed by atoms with Gasteiger partial charge in [0.05, 0.1) is 23.0 Å². The number of hydrogen-bond acceptors (Lipinski definition) is 6. The van der Waals surface area contributed by atoms with Crippen LogP contribution < -0.4 is 5.73 Å². The Kier molecular flexibility index (Phi) is 3.03. The standard InChI is InChI=1S/C13H10N6O2/c14-9-8-18(11-3-1-2-4-12(11)19(20)21)17-13(9)10-7-15-5-6-16-10/h1-8H,14H2. The topological polar surface area (TPSA) is 113 Å². The number of nitrogen functional groups attached to an aromatic ring is 1. The first kappa shape index (κ1) is 12.7. The molecule has 1 aromatic carbocycles. The smallest absolute Gasteiger partial charge is 0.294 e. The number of aromatic nitrogens is 4. The first-order chi connectivity index (χ1) is 10.2. The fourth-order valence-corrected chi connectivity index (χ4v) is 1.94. The van der Waals surface area contributed by atoms with E-state index in [1.807, 2.05) is 0 Å². The normalized spacial score (nSPS) is 10.5. The first-order valence-electron chi connectivity index (χ1n) is 6.02. The van der Waals surface area contributed by atoms with Gasteiger partial charge >= 0.3 is 0 Å². The highest BCUT2D eigenvalue weighted by atomic mass is 16.6. The Morgan fingerprint density at radius 1 is 1.24 bits per heavy atom. The summed E-state index contributed by atoms with van der Waals surface area (Å²) in [7, 11) is 0. The van der Waals surface area contributed by atoms with Crippen LogP contribution in [-0.2, 0) is 0 Å². The average Bonchev–Trinajstić information content (AvgIpc) is 2.90. The van der Waals surface area contributed by atoms with Crippen LogP contribution in [0.15, 0.2) is 49.1 Å². The molecule has 2 aromatic heterocycles. The van der Waals surface area contributed by atoms with Gasteiger partial charge in [0.2, 0.25) is 0 Å². The number of nitro groups is 1. The van der Waals surface area contributed by atoms with Crippen LogP contribution in [-0.4, -0.2) is 24.7 Å². The summed E-state index contributed by atoms with van der Waals surface area (Å²) in [6, 6.07) is 6.31. The third-order valence-corrected chi connectivity index (χ3v) is 2.87. The van der Waals surface area contributed by atoms with E-state index in [1.165, 1.54) is 29.3 Å². The molecule has 0 bridgehead atoms. The monoisotopic (exact) mass is 282 g/mol. The fourth-order valence-electron chi connectivity index (χ4n) is 1.94. The van der Waals surface area contributed by atoms with E-state index in [4.69, 9.17) is 5.73 Å². The molecule has 3 aromatic rings. The Labute approximate surface area is 119 Å². The molecule has 0 atom stereocenters. The second-order valence-electron chi connectivity index (χ2n) is 4.21. The Morgan fingerprint density at radius 3 is 2.76 bits per heavy atom. The summed E-state index contributed by atoms with van der Waals surface area (Å²) in [5, 5.41) is 15.3. The summed E-state index contributed by atoms with van der Waals surface area (Å²) in [6.07, 6.45) is 6.12. The van der Waals surface area contributed by atoms with Crippen molar-refractivity contribution in [3.05, 3.63) is 59.2 Å². The molecular formula is C13H10N6O2. The number of benzene rings is 1. The second-order valence-corrected chi connectivity index (χ2v) is 4.21. The SMILES string of the molecule is Nc1cn(-c2ccccc2[N+](=O)[O-])nc1-c1cnccn1. The molecule has 3 rings (SSSR count). The molecule has 2 heterocycles. The van der Waals surface area contributed by atoms with E-state index in [-0.39, 0.29) is 5.69 Å². The Morgan fingerprint density at radius 2 is 2.05 bits per heavy atom. The minimum Gasteiger partial charge on any atom is -0.396 e. The third-order valence-electron chi connectivity index (χ3n) is 2.87. The molecule has 0 aliphatic rings. The zero-order chi connectivity index (χ0) is 14.8. The van der Waals surface area contributed by atoms with Crippen molar-refractivity contribution in [2.45, 2.75) is 0 Å². The number of anilines is 1. The molecule has 2 N–H and O–H groups in total. The highest BCUT2D eigenvalue weighted by Crippen LogP contribution is 2.27. The molecule has 0 amide bonds.